The molecule has 1 amide bonds. The van der Waals surface area contributed by atoms with Gasteiger partial charge in [-0.15, -0.1) is 3.89 Å². The molecule has 1 aliphatic heterocycles. The zero-order valence-electron chi connectivity index (χ0n) is 12.8. The van der Waals surface area contributed by atoms with Gasteiger partial charge in [0.2, 0.25) is 0 Å². The Bertz CT molecular complexity index is 887. The first-order valence-electron chi connectivity index (χ1n) is 7.80. The van der Waals surface area contributed by atoms with Gasteiger partial charge >= 0.3 is 10.2 Å². The Balaban J connectivity index is 1.65. The first-order valence-corrected chi connectivity index (χ1v) is 9.18. The molecule has 5 nitrogen and oxygen atoms in total. The summed E-state index contributed by atoms with van der Waals surface area (Å²) in [6.07, 6.45) is 4.80. The van der Waals surface area contributed by atoms with Gasteiger partial charge in [-0.1, -0.05) is 12.5 Å². The summed E-state index contributed by atoms with van der Waals surface area (Å²) in [5, 5.41) is 0. The van der Waals surface area contributed by atoms with Gasteiger partial charge in [-0.05, 0) is 43.2 Å². The SMILES string of the molecule is O=C(c1cccc(S(=O)(=O)F)c1)N1CC2(CCC2)C1c1ccco1. The van der Waals surface area contributed by atoms with Crippen LogP contribution in [0.2, 0.25) is 0 Å². The van der Waals surface area contributed by atoms with E-state index in [0.717, 1.165) is 37.2 Å². The molecule has 2 heterocycles. The third-order valence-corrected chi connectivity index (χ3v) is 5.98. The lowest BCUT2D eigenvalue weighted by atomic mass is 9.57. The Kier molecular flexibility index (Phi) is 3.32. The summed E-state index contributed by atoms with van der Waals surface area (Å²) in [5.41, 5.74) is 0.233. The predicted molar refractivity (Wildman–Crippen MR) is 83.5 cm³/mol. The zero-order valence-corrected chi connectivity index (χ0v) is 13.6. The van der Waals surface area contributed by atoms with Crippen molar-refractivity contribution in [3.05, 3.63) is 54.0 Å². The minimum Gasteiger partial charge on any atom is -0.467 e. The molecule has 1 saturated carbocycles. The van der Waals surface area contributed by atoms with Crippen LogP contribution in [-0.2, 0) is 10.2 Å². The van der Waals surface area contributed by atoms with E-state index in [1.54, 1.807) is 17.2 Å². The maximum Gasteiger partial charge on any atom is 0.332 e. The molecule has 24 heavy (non-hydrogen) atoms. The molecular formula is C17H16FNO4S. The molecule has 1 aliphatic carbocycles. The van der Waals surface area contributed by atoms with Gasteiger partial charge in [0.1, 0.15) is 5.76 Å². The Hall–Kier alpha value is -2.15. The van der Waals surface area contributed by atoms with E-state index < -0.39 is 15.1 Å². The summed E-state index contributed by atoms with van der Waals surface area (Å²) in [4.78, 5) is 14.0. The third kappa shape index (κ3) is 2.26. The quantitative estimate of drug-likeness (QED) is 0.798. The van der Waals surface area contributed by atoms with Crippen molar-refractivity contribution in [3.8, 4) is 0 Å². The molecule has 126 valence electrons. The lowest BCUT2D eigenvalue weighted by Crippen LogP contribution is -2.63. The topological polar surface area (TPSA) is 67.6 Å². The number of carbonyl (C=O) groups is 1. The number of hydrogen-bond acceptors (Lipinski definition) is 4. The van der Waals surface area contributed by atoms with Crippen LogP contribution in [0.5, 0.6) is 0 Å². The summed E-state index contributed by atoms with van der Waals surface area (Å²) in [5.74, 6) is 0.433. The van der Waals surface area contributed by atoms with Gasteiger partial charge in [0.25, 0.3) is 5.91 Å². The standard InChI is InChI=1S/C17H16FNO4S/c18-24(21,22)13-5-1-4-12(10-13)16(20)19-11-17(7-3-8-17)15(19)14-6-2-9-23-14/h1-2,4-6,9-10,15H,3,7-8,11H2. The van der Waals surface area contributed by atoms with Crippen LogP contribution in [0, 0.1) is 5.41 Å². The lowest BCUT2D eigenvalue weighted by molar-refractivity contribution is -0.113. The number of carbonyl (C=O) groups excluding carboxylic acids is 1. The van der Waals surface area contributed by atoms with E-state index >= 15 is 0 Å². The number of benzene rings is 1. The number of hydrogen-bond donors (Lipinski definition) is 0. The van der Waals surface area contributed by atoms with Gasteiger partial charge in [0.05, 0.1) is 17.2 Å². The number of furan rings is 1. The van der Waals surface area contributed by atoms with Crippen LogP contribution in [0.1, 0.15) is 41.4 Å². The summed E-state index contributed by atoms with van der Waals surface area (Å²) < 4.78 is 40.8. The Morgan fingerprint density at radius 1 is 1.25 bits per heavy atom. The molecule has 1 atom stereocenters. The van der Waals surface area contributed by atoms with E-state index in [9.17, 15) is 17.1 Å². The third-order valence-electron chi connectivity index (χ3n) is 5.16. The van der Waals surface area contributed by atoms with Crippen molar-refractivity contribution in [2.24, 2.45) is 5.41 Å². The summed E-state index contributed by atoms with van der Waals surface area (Å²) in [6, 6.07) is 8.61. The highest BCUT2D eigenvalue weighted by molar-refractivity contribution is 7.86. The summed E-state index contributed by atoms with van der Waals surface area (Å²) in [7, 11) is -4.84. The fourth-order valence-electron chi connectivity index (χ4n) is 3.84. The van der Waals surface area contributed by atoms with E-state index in [0.29, 0.717) is 6.54 Å². The highest BCUT2D eigenvalue weighted by Crippen LogP contribution is 2.60. The van der Waals surface area contributed by atoms with Crippen molar-refractivity contribution >= 4 is 16.1 Å². The molecule has 4 rings (SSSR count). The van der Waals surface area contributed by atoms with Gasteiger partial charge < -0.3 is 9.32 Å². The second-order valence-electron chi connectivity index (χ2n) is 6.53. The summed E-state index contributed by atoms with van der Waals surface area (Å²) in [6.45, 7) is 0.615. The molecule has 0 radical (unpaired) electrons. The van der Waals surface area contributed by atoms with Gasteiger partial charge in [-0.3, -0.25) is 4.79 Å². The average molecular weight is 349 g/mol. The number of rotatable bonds is 3. The van der Waals surface area contributed by atoms with Crippen molar-refractivity contribution in [1.82, 2.24) is 4.90 Å². The van der Waals surface area contributed by atoms with Crippen molar-refractivity contribution < 1.29 is 21.5 Å². The van der Waals surface area contributed by atoms with E-state index in [4.69, 9.17) is 4.42 Å². The van der Waals surface area contributed by atoms with Crippen molar-refractivity contribution in [3.63, 3.8) is 0 Å². The van der Waals surface area contributed by atoms with Gasteiger partial charge in [-0.2, -0.15) is 8.42 Å². The molecule has 2 aromatic rings. The van der Waals surface area contributed by atoms with Gasteiger partial charge in [-0.25, -0.2) is 0 Å². The fourth-order valence-corrected chi connectivity index (χ4v) is 4.34. The molecule has 0 N–H and O–H groups in total. The number of likely N-dealkylation sites (tertiary alicyclic amines) is 1. The normalized spacial score (nSPS) is 22.0. The van der Waals surface area contributed by atoms with E-state index in [2.05, 4.69) is 0 Å². The molecule has 1 aromatic heterocycles. The van der Waals surface area contributed by atoms with Crippen LogP contribution in [0.15, 0.2) is 52.0 Å². The summed E-state index contributed by atoms with van der Waals surface area (Å²) >= 11 is 0. The molecule has 0 bridgehead atoms. The Morgan fingerprint density at radius 2 is 2.04 bits per heavy atom. The van der Waals surface area contributed by atoms with E-state index in [1.165, 1.54) is 12.1 Å². The minimum atomic E-state index is -4.84. The first kappa shape index (κ1) is 15.4. The zero-order chi connectivity index (χ0) is 16.9. The van der Waals surface area contributed by atoms with Crippen molar-refractivity contribution in [2.45, 2.75) is 30.2 Å². The first-order chi connectivity index (χ1) is 11.4. The molecule has 7 heteroatoms. The maximum absolute atomic E-state index is 13.2. The molecule has 1 unspecified atom stereocenters. The maximum atomic E-state index is 13.2. The Labute approximate surface area is 139 Å². The number of nitrogens with zero attached hydrogens (tertiary/aromatic N) is 1. The van der Waals surface area contributed by atoms with Crippen molar-refractivity contribution in [2.75, 3.05) is 6.54 Å². The Morgan fingerprint density at radius 3 is 2.62 bits per heavy atom. The van der Waals surface area contributed by atoms with Crippen LogP contribution in [-0.4, -0.2) is 25.8 Å². The lowest BCUT2D eigenvalue weighted by Gasteiger charge is -2.61. The molecule has 2 fully saturated rings. The largest absolute Gasteiger partial charge is 0.467 e. The van der Waals surface area contributed by atoms with Crippen LogP contribution in [0.4, 0.5) is 3.89 Å². The molecule has 1 saturated heterocycles. The smallest absolute Gasteiger partial charge is 0.332 e. The predicted octanol–water partition coefficient (Wildman–Crippen LogP) is 3.31. The number of amides is 1. The van der Waals surface area contributed by atoms with E-state index in [-0.39, 0.29) is 22.9 Å². The van der Waals surface area contributed by atoms with Gasteiger partial charge in [0.15, 0.2) is 0 Å². The highest BCUT2D eigenvalue weighted by Gasteiger charge is 2.59. The molecule has 2 aliphatic rings. The molecule has 1 aromatic carbocycles. The van der Waals surface area contributed by atoms with Crippen LogP contribution in [0.25, 0.3) is 0 Å². The highest BCUT2D eigenvalue weighted by atomic mass is 32.3. The monoisotopic (exact) mass is 349 g/mol. The fraction of sp³-hybridized carbons (Fsp3) is 0.353. The van der Waals surface area contributed by atoms with Gasteiger partial charge in [0, 0.05) is 17.5 Å². The van der Waals surface area contributed by atoms with Crippen molar-refractivity contribution in [1.29, 1.82) is 0 Å². The number of halogens is 1. The molecule has 1 spiro atoms. The second kappa shape index (κ2) is 5.17. The second-order valence-corrected chi connectivity index (χ2v) is 7.88. The van der Waals surface area contributed by atoms with Crippen LogP contribution >= 0.6 is 0 Å². The minimum absolute atomic E-state index is 0.0668. The average Bonchev–Trinajstić information content (AvgIpc) is 2.97. The van der Waals surface area contributed by atoms with Crippen LogP contribution < -0.4 is 0 Å². The molecular weight excluding hydrogens is 333 g/mol. The van der Waals surface area contributed by atoms with Crippen LogP contribution in [0.3, 0.4) is 0 Å². The van der Waals surface area contributed by atoms with E-state index in [1.807, 2.05) is 6.07 Å².